The Balaban J connectivity index is 1.30. The van der Waals surface area contributed by atoms with Crippen LogP contribution in [0.4, 0.5) is 11.4 Å². The molecule has 0 radical (unpaired) electrons. The van der Waals surface area contributed by atoms with E-state index in [9.17, 15) is 9.59 Å². The van der Waals surface area contributed by atoms with Gasteiger partial charge >= 0.3 is 0 Å². The molecule has 0 saturated carbocycles. The first kappa shape index (κ1) is 20.4. The lowest BCUT2D eigenvalue weighted by atomic mass is 10.1. The average Bonchev–Trinajstić information content (AvgIpc) is 3.45. The highest BCUT2D eigenvalue weighted by Gasteiger charge is 2.18. The summed E-state index contributed by atoms with van der Waals surface area (Å²) >= 11 is 0. The van der Waals surface area contributed by atoms with Crippen molar-refractivity contribution in [2.45, 2.75) is 6.42 Å². The standard InChI is InChI=1S/C25H20N2O6/c1-30-17-7-8-18-15(13-31-22(18)12-17)10-24(28)27-20-5-3-2-4-19(20)25(29)26-16-6-9-21-23(11-16)33-14-32-21/h2-9,11-13H,10,14H2,1H3,(H,26,29)(H,27,28). The topological polar surface area (TPSA) is 99.0 Å². The number of carbonyl (C=O) groups is 2. The molecule has 0 aliphatic carbocycles. The zero-order valence-corrected chi connectivity index (χ0v) is 17.7. The summed E-state index contributed by atoms with van der Waals surface area (Å²) in [5, 5.41) is 6.50. The summed E-state index contributed by atoms with van der Waals surface area (Å²) in [5.41, 5.74) is 2.69. The number of methoxy groups -OCH3 is 1. The van der Waals surface area contributed by atoms with Gasteiger partial charge in [-0.05, 0) is 36.4 Å². The Bertz CT molecular complexity index is 1360. The van der Waals surface area contributed by atoms with Gasteiger partial charge in [-0.2, -0.15) is 0 Å². The lowest BCUT2D eigenvalue weighted by Crippen LogP contribution is -2.19. The molecule has 0 spiro atoms. The Kier molecular flexibility index (Phi) is 5.32. The number of amides is 2. The molecule has 1 aliphatic rings. The van der Waals surface area contributed by atoms with E-state index >= 15 is 0 Å². The van der Waals surface area contributed by atoms with Crippen LogP contribution in [0.5, 0.6) is 17.2 Å². The maximum Gasteiger partial charge on any atom is 0.257 e. The summed E-state index contributed by atoms with van der Waals surface area (Å²) in [6.07, 6.45) is 1.65. The van der Waals surface area contributed by atoms with Crippen molar-refractivity contribution in [3.63, 3.8) is 0 Å². The van der Waals surface area contributed by atoms with Crippen LogP contribution in [-0.2, 0) is 11.2 Å². The third-order valence-electron chi connectivity index (χ3n) is 5.29. The Morgan fingerprint density at radius 1 is 0.970 bits per heavy atom. The highest BCUT2D eigenvalue weighted by Crippen LogP contribution is 2.34. The maximum atomic E-state index is 12.9. The molecular formula is C25H20N2O6. The number of nitrogens with one attached hydrogen (secondary N) is 2. The van der Waals surface area contributed by atoms with E-state index in [-0.39, 0.29) is 25.0 Å². The van der Waals surface area contributed by atoms with Crippen molar-refractivity contribution < 1.29 is 28.2 Å². The van der Waals surface area contributed by atoms with Gasteiger partial charge in [0.05, 0.1) is 31.0 Å². The van der Waals surface area contributed by atoms with Gasteiger partial charge in [0, 0.05) is 28.8 Å². The number of furan rings is 1. The smallest absolute Gasteiger partial charge is 0.257 e. The number of fused-ring (bicyclic) bond motifs is 2. The first-order valence-electron chi connectivity index (χ1n) is 10.2. The van der Waals surface area contributed by atoms with Crippen LogP contribution >= 0.6 is 0 Å². The van der Waals surface area contributed by atoms with Crippen LogP contribution in [0.3, 0.4) is 0 Å². The van der Waals surface area contributed by atoms with E-state index in [1.165, 1.54) is 0 Å². The third kappa shape index (κ3) is 4.18. The number of hydrogen-bond donors (Lipinski definition) is 2. The van der Waals surface area contributed by atoms with Crippen molar-refractivity contribution in [2.75, 3.05) is 24.5 Å². The molecule has 2 heterocycles. The van der Waals surface area contributed by atoms with Gasteiger partial charge in [-0.3, -0.25) is 9.59 Å². The molecule has 0 unspecified atom stereocenters. The molecule has 5 rings (SSSR count). The number of hydrogen-bond acceptors (Lipinski definition) is 6. The third-order valence-corrected chi connectivity index (χ3v) is 5.29. The van der Waals surface area contributed by atoms with Crippen molar-refractivity contribution >= 4 is 34.2 Å². The fourth-order valence-electron chi connectivity index (χ4n) is 3.66. The van der Waals surface area contributed by atoms with Gasteiger partial charge in [0.1, 0.15) is 11.3 Å². The van der Waals surface area contributed by atoms with Crippen molar-refractivity contribution in [2.24, 2.45) is 0 Å². The molecule has 8 nitrogen and oxygen atoms in total. The summed E-state index contributed by atoms with van der Waals surface area (Å²) < 4.78 is 21.4. The van der Waals surface area contributed by atoms with E-state index < -0.39 is 0 Å². The zero-order valence-electron chi connectivity index (χ0n) is 17.7. The lowest BCUT2D eigenvalue weighted by molar-refractivity contribution is -0.115. The van der Waals surface area contributed by atoms with Gasteiger partial charge in [0.15, 0.2) is 11.5 Å². The van der Waals surface area contributed by atoms with E-state index in [1.54, 1.807) is 61.9 Å². The van der Waals surface area contributed by atoms with E-state index in [0.717, 1.165) is 10.9 Å². The predicted octanol–water partition coefficient (Wildman–Crippen LogP) is 4.60. The molecule has 1 aromatic heterocycles. The molecule has 33 heavy (non-hydrogen) atoms. The lowest BCUT2D eigenvalue weighted by Gasteiger charge is -2.12. The van der Waals surface area contributed by atoms with E-state index in [1.807, 2.05) is 12.1 Å². The SMILES string of the molecule is COc1ccc2c(CC(=O)Nc3ccccc3C(=O)Nc3ccc4c(c3)OCO4)coc2c1. The van der Waals surface area contributed by atoms with E-state index in [2.05, 4.69) is 10.6 Å². The van der Waals surface area contributed by atoms with Crippen LogP contribution in [0.1, 0.15) is 15.9 Å². The van der Waals surface area contributed by atoms with Gasteiger partial charge in [-0.15, -0.1) is 0 Å². The number of rotatable bonds is 6. The van der Waals surface area contributed by atoms with Crippen LogP contribution in [0.25, 0.3) is 11.0 Å². The summed E-state index contributed by atoms with van der Waals surface area (Å²) in [4.78, 5) is 25.7. The summed E-state index contributed by atoms with van der Waals surface area (Å²) in [5.74, 6) is 1.25. The Morgan fingerprint density at radius 3 is 2.70 bits per heavy atom. The molecule has 3 aromatic carbocycles. The highest BCUT2D eigenvalue weighted by atomic mass is 16.7. The minimum Gasteiger partial charge on any atom is -0.497 e. The maximum absolute atomic E-state index is 12.9. The zero-order chi connectivity index (χ0) is 22.8. The average molecular weight is 444 g/mol. The second-order valence-electron chi connectivity index (χ2n) is 7.42. The van der Waals surface area contributed by atoms with Crippen LogP contribution in [0.15, 0.2) is 71.3 Å². The molecule has 166 valence electrons. The minimum atomic E-state index is -0.356. The molecule has 8 heteroatoms. The molecule has 0 fully saturated rings. The van der Waals surface area contributed by atoms with E-state index in [0.29, 0.717) is 39.8 Å². The highest BCUT2D eigenvalue weighted by molar-refractivity contribution is 6.10. The van der Waals surface area contributed by atoms with Crippen LogP contribution in [0, 0.1) is 0 Å². The number of benzene rings is 3. The number of carbonyl (C=O) groups excluding carboxylic acids is 2. The molecule has 4 aromatic rings. The normalized spacial score (nSPS) is 11.9. The van der Waals surface area contributed by atoms with Gasteiger partial charge < -0.3 is 29.3 Å². The van der Waals surface area contributed by atoms with Gasteiger partial charge in [0.25, 0.3) is 5.91 Å². The molecule has 2 amide bonds. The van der Waals surface area contributed by atoms with Gasteiger partial charge in [-0.1, -0.05) is 12.1 Å². The number of anilines is 2. The predicted molar refractivity (Wildman–Crippen MR) is 122 cm³/mol. The van der Waals surface area contributed by atoms with Gasteiger partial charge in [0.2, 0.25) is 12.7 Å². The van der Waals surface area contributed by atoms with E-state index in [4.69, 9.17) is 18.6 Å². The second kappa shape index (κ2) is 8.58. The first-order valence-corrected chi connectivity index (χ1v) is 10.2. The van der Waals surface area contributed by atoms with Crippen LogP contribution in [-0.4, -0.2) is 25.7 Å². The van der Waals surface area contributed by atoms with Crippen LogP contribution < -0.4 is 24.8 Å². The molecule has 0 atom stereocenters. The molecule has 2 N–H and O–H groups in total. The first-order chi connectivity index (χ1) is 16.1. The Labute approximate surface area is 189 Å². The Morgan fingerprint density at radius 2 is 1.82 bits per heavy atom. The second-order valence-corrected chi connectivity index (χ2v) is 7.42. The molecular weight excluding hydrogens is 424 g/mol. The summed E-state index contributed by atoms with van der Waals surface area (Å²) in [6, 6.07) is 17.4. The summed E-state index contributed by atoms with van der Waals surface area (Å²) in [6.45, 7) is 0.154. The summed E-state index contributed by atoms with van der Waals surface area (Å²) in [7, 11) is 1.58. The fraction of sp³-hybridized carbons (Fsp3) is 0.120. The van der Waals surface area contributed by atoms with Crippen molar-refractivity contribution in [3.8, 4) is 17.2 Å². The molecule has 0 bridgehead atoms. The van der Waals surface area contributed by atoms with Crippen LogP contribution in [0.2, 0.25) is 0 Å². The van der Waals surface area contributed by atoms with Gasteiger partial charge in [-0.25, -0.2) is 0 Å². The largest absolute Gasteiger partial charge is 0.497 e. The number of ether oxygens (including phenoxy) is 3. The Hall–Kier alpha value is -4.46. The quantitative estimate of drug-likeness (QED) is 0.451. The van der Waals surface area contributed by atoms with Crippen molar-refractivity contribution in [1.82, 2.24) is 0 Å². The monoisotopic (exact) mass is 444 g/mol. The minimum absolute atomic E-state index is 0.0947. The van der Waals surface area contributed by atoms with Crippen molar-refractivity contribution in [3.05, 3.63) is 78.1 Å². The fourth-order valence-corrected chi connectivity index (χ4v) is 3.66. The number of para-hydroxylation sites is 1. The van der Waals surface area contributed by atoms with Crippen molar-refractivity contribution in [1.29, 1.82) is 0 Å². The molecule has 1 aliphatic heterocycles. The molecule has 0 saturated heterocycles.